The molecule has 0 radical (unpaired) electrons. The quantitative estimate of drug-likeness (QED) is 0.637. The van der Waals surface area contributed by atoms with Crippen molar-refractivity contribution in [3.8, 4) is 6.07 Å². The topological polar surface area (TPSA) is 122 Å². The number of aliphatic hydroxyl groups is 1. The third-order valence-corrected chi connectivity index (χ3v) is 2.46. The van der Waals surface area contributed by atoms with Gasteiger partial charge in [-0.3, -0.25) is 4.79 Å². The van der Waals surface area contributed by atoms with Crippen LogP contribution in [0.5, 0.6) is 0 Å². The van der Waals surface area contributed by atoms with E-state index in [1.165, 1.54) is 6.92 Å². The fraction of sp³-hybridized carbons (Fsp3) is 0.308. The number of hydrogen-bond acceptors (Lipinski definition) is 4. The summed E-state index contributed by atoms with van der Waals surface area (Å²) >= 11 is 0. The summed E-state index contributed by atoms with van der Waals surface area (Å²) in [5, 5.41) is 32.0. The standard InChI is InChI=1S/C13H15N3O4/c1-13(20,6-11(17)18)8-15-12(19)16-10-5-3-2-4-9(10)7-14/h2-5,20H,6,8H2,1H3,(H,17,18)(H2,15,16,19). The first-order valence-corrected chi connectivity index (χ1v) is 5.82. The Morgan fingerprint density at radius 3 is 2.65 bits per heavy atom. The van der Waals surface area contributed by atoms with Gasteiger partial charge in [-0.25, -0.2) is 4.79 Å². The normalized spacial score (nSPS) is 12.8. The summed E-state index contributed by atoms with van der Waals surface area (Å²) in [6.45, 7) is 1.09. The van der Waals surface area contributed by atoms with Gasteiger partial charge >= 0.3 is 12.0 Å². The number of para-hydroxylation sites is 1. The van der Waals surface area contributed by atoms with Gasteiger partial charge in [0, 0.05) is 6.54 Å². The van der Waals surface area contributed by atoms with Crippen LogP contribution >= 0.6 is 0 Å². The second-order valence-electron chi connectivity index (χ2n) is 4.53. The summed E-state index contributed by atoms with van der Waals surface area (Å²) in [6.07, 6.45) is -0.484. The Morgan fingerprint density at radius 1 is 1.40 bits per heavy atom. The SMILES string of the molecule is CC(O)(CNC(=O)Nc1ccccc1C#N)CC(=O)O. The van der Waals surface area contributed by atoms with Crippen molar-refractivity contribution in [2.45, 2.75) is 18.9 Å². The maximum Gasteiger partial charge on any atom is 0.319 e. The number of aliphatic carboxylic acids is 1. The third kappa shape index (κ3) is 4.96. The number of carboxylic acid groups (broad SMARTS) is 1. The van der Waals surface area contributed by atoms with E-state index in [0.717, 1.165) is 0 Å². The van der Waals surface area contributed by atoms with E-state index in [2.05, 4.69) is 10.6 Å². The van der Waals surface area contributed by atoms with Gasteiger partial charge in [-0.1, -0.05) is 12.1 Å². The first-order valence-electron chi connectivity index (χ1n) is 5.82. The van der Waals surface area contributed by atoms with Gasteiger partial charge in [0.25, 0.3) is 0 Å². The van der Waals surface area contributed by atoms with Crippen LogP contribution in [0, 0.1) is 11.3 Å². The van der Waals surface area contributed by atoms with Crippen LogP contribution in [0.1, 0.15) is 18.9 Å². The van der Waals surface area contributed by atoms with Crippen molar-refractivity contribution in [2.75, 3.05) is 11.9 Å². The molecule has 0 heterocycles. The lowest BCUT2D eigenvalue weighted by atomic mass is 10.0. The predicted molar refractivity (Wildman–Crippen MR) is 71.1 cm³/mol. The molecule has 1 aromatic carbocycles. The summed E-state index contributed by atoms with van der Waals surface area (Å²) in [7, 11) is 0. The predicted octanol–water partition coefficient (Wildman–Crippen LogP) is 0.905. The van der Waals surface area contributed by atoms with E-state index >= 15 is 0 Å². The molecule has 1 aromatic rings. The van der Waals surface area contributed by atoms with Gasteiger partial charge in [0.1, 0.15) is 6.07 Å². The highest BCUT2D eigenvalue weighted by molar-refractivity contribution is 5.90. The molecule has 0 fully saturated rings. The second-order valence-corrected chi connectivity index (χ2v) is 4.53. The lowest BCUT2D eigenvalue weighted by molar-refractivity contribution is -0.141. The highest BCUT2D eigenvalue weighted by atomic mass is 16.4. The fourth-order valence-corrected chi connectivity index (χ4v) is 1.52. The Balaban J connectivity index is 2.57. The number of nitrogens with zero attached hydrogens (tertiary/aromatic N) is 1. The van der Waals surface area contributed by atoms with Gasteiger partial charge in [-0.15, -0.1) is 0 Å². The number of amides is 2. The minimum atomic E-state index is -1.54. The molecule has 1 rings (SSSR count). The Hall–Kier alpha value is -2.59. The first-order chi connectivity index (χ1) is 9.34. The van der Waals surface area contributed by atoms with E-state index < -0.39 is 24.0 Å². The van der Waals surface area contributed by atoms with Crippen molar-refractivity contribution >= 4 is 17.7 Å². The van der Waals surface area contributed by atoms with Crippen molar-refractivity contribution in [1.82, 2.24) is 5.32 Å². The summed E-state index contributed by atoms with van der Waals surface area (Å²) in [6, 6.07) is 7.75. The second kappa shape index (κ2) is 6.54. The average molecular weight is 277 g/mol. The zero-order valence-electron chi connectivity index (χ0n) is 10.9. The Kier molecular flexibility index (Phi) is 5.06. The van der Waals surface area contributed by atoms with E-state index in [1.54, 1.807) is 24.3 Å². The van der Waals surface area contributed by atoms with Gasteiger partial charge in [-0.05, 0) is 19.1 Å². The molecule has 20 heavy (non-hydrogen) atoms. The van der Waals surface area contributed by atoms with Crippen LogP contribution in [0.15, 0.2) is 24.3 Å². The molecule has 1 unspecified atom stereocenters. The molecule has 4 N–H and O–H groups in total. The van der Waals surface area contributed by atoms with Crippen molar-refractivity contribution in [1.29, 1.82) is 5.26 Å². The van der Waals surface area contributed by atoms with Gasteiger partial charge in [0.05, 0.1) is 23.3 Å². The van der Waals surface area contributed by atoms with E-state index in [1.807, 2.05) is 6.07 Å². The minimum absolute atomic E-state index is 0.222. The monoisotopic (exact) mass is 277 g/mol. The average Bonchev–Trinajstić information content (AvgIpc) is 2.36. The minimum Gasteiger partial charge on any atom is -0.481 e. The Bertz CT molecular complexity index is 549. The highest BCUT2D eigenvalue weighted by Crippen LogP contribution is 2.13. The number of carboxylic acids is 1. The van der Waals surface area contributed by atoms with Crippen molar-refractivity contribution in [2.24, 2.45) is 0 Å². The number of carbonyl (C=O) groups is 2. The van der Waals surface area contributed by atoms with Crippen LogP contribution < -0.4 is 10.6 Å². The zero-order valence-corrected chi connectivity index (χ0v) is 10.9. The number of carbonyl (C=O) groups excluding carboxylic acids is 1. The summed E-state index contributed by atoms with van der Waals surface area (Å²) in [4.78, 5) is 22.1. The van der Waals surface area contributed by atoms with Gasteiger partial charge in [-0.2, -0.15) is 5.26 Å². The van der Waals surface area contributed by atoms with Crippen LogP contribution in [0.3, 0.4) is 0 Å². The summed E-state index contributed by atoms with van der Waals surface area (Å²) in [5.41, 5.74) is -0.900. The van der Waals surface area contributed by atoms with Crippen molar-refractivity contribution in [3.63, 3.8) is 0 Å². The number of hydrogen-bond donors (Lipinski definition) is 4. The maximum atomic E-state index is 11.6. The van der Waals surface area contributed by atoms with Crippen LogP contribution in [0.2, 0.25) is 0 Å². The molecule has 0 saturated heterocycles. The molecular formula is C13H15N3O4. The maximum absolute atomic E-state index is 11.6. The Morgan fingerprint density at radius 2 is 2.05 bits per heavy atom. The molecule has 106 valence electrons. The first kappa shape index (κ1) is 15.5. The van der Waals surface area contributed by atoms with Gasteiger partial charge in [0.2, 0.25) is 0 Å². The number of nitrogens with one attached hydrogen (secondary N) is 2. The van der Waals surface area contributed by atoms with Crippen molar-refractivity contribution in [3.05, 3.63) is 29.8 Å². The van der Waals surface area contributed by atoms with Crippen LogP contribution in [0.25, 0.3) is 0 Å². The molecule has 2 amide bonds. The van der Waals surface area contributed by atoms with Gasteiger partial charge in [0.15, 0.2) is 0 Å². The molecule has 7 nitrogen and oxygen atoms in total. The zero-order chi connectivity index (χ0) is 15.2. The third-order valence-electron chi connectivity index (χ3n) is 2.46. The van der Waals surface area contributed by atoms with Crippen LogP contribution in [-0.2, 0) is 4.79 Å². The number of benzene rings is 1. The smallest absolute Gasteiger partial charge is 0.319 e. The lowest BCUT2D eigenvalue weighted by Gasteiger charge is -2.21. The van der Waals surface area contributed by atoms with Crippen molar-refractivity contribution < 1.29 is 19.8 Å². The molecule has 0 aliphatic carbocycles. The summed E-state index contributed by atoms with van der Waals surface area (Å²) in [5.74, 6) is -1.16. The van der Waals surface area contributed by atoms with E-state index in [9.17, 15) is 14.7 Å². The molecular weight excluding hydrogens is 262 g/mol. The Labute approximate surface area is 115 Å². The lowest BCUT2D eigenvalue weighted by Crippen LogP contribution is -2.43. The molecule has 1 atom stereocenters. The molecule has 7 heteroatoms. The molecule has 0 spiro atoms. The molecule has 0 aliphatic heterocycles. The van der Waals surface area contributed by atoms with Crippen LogP contribution in [0.4, 0.5) is 10.5 Å². The number of nitriles is 1. The van der Waals surface area contributed by atoms with Gasteiger partial charge < -0.3 is 20.8 Å². The largest absolute Gasteiger partial charge is 0.481 e. The molecule has 0 aliphatic rings. The number of anilines is 1. The molecule has 0 saturated carbocycles. The fourth-order valence-electron chi connectivity index (χ4n) is 1.52. The van der Waals surface area contributed by atoms with Crippen LogP contribution in [-0.4, -0.2) is 34.4 Å². The highest BCUT2D eigenvalue weighted by Gasteiger charge is 2.24. The molecule has 0 bridgehead atoms. The number of urea groups is 1. The number of rotatable bonds is 5. The van der Waals surface area contributed by atoms with E-state index in [0.29, 0.717) is 11.3 Å². The van der Waals surface area contributed by atoms with E-state index in [-0.39, 0.29) is 6.54 Å². The van der Waals surface area contributed by atoms with E-state index in [4.69, 9.17) is 10.4 Å². The summed E-state index contributed by atoms with van der Waals surface area (Å²) < 4.78 is 0. The molecule has 0 aromatic heterocycles.